The minimum absolute atomic E-state index is 0.469. The summed E-state index contributed by atoms with van der Waals surface area (Å²) in [5.74, 6) is 1.04. The Morgan fingerprint density at radius 3 is 3.11 bits per heavy atom. The van der Waals surface area contributed by atoms with Crippen molar-refractivity contribution in [2.24, 2.45) is 0 Å². The van der Waals surface area contributed by atoms with Gasteiger partial charge in [-0.3, -0.25) is 0 Å². The van der Waals surface area contributed by atoms with Crippen LogP contribution < -0.4 is 10.2 Å². The monoisotopic (exact) mass is 249 g/mol. The molecule has 1 saturated heterocycles. The molecule has 1 unspecified atom stereocenters. The summed E-state index contributed by atoms with van der Waals surface area (Å²) in [6, 6.07) is 6.70. The number of ether oxygens (including phenoxy) is 1. The van der Waals surface area contributed by atoms with Crippen molar-refractivity contribution in [1.82, 2.24) is 10.3 Å². The van der Waals surface area contributed by atoms with Crippen molar-refractivity contribution in [2.75, 3.05) is 31.7 Å². The van der Waals surface area contributed by atoms with Crippen LogP contribution in [0.3, 0.4) is 0 Å². The molecule has 0 aliphatic carbocycles. The van der Waals surface area contributed by atoms with E-state index < -0.39 is 0 Å². The van der Waals surface area contributed by atoms with Crippen LogP contribution in [-0.4, -0.2) is 37.8 Å². The highest BCUT2D eigenvalue weighted by Crippen LogP contribution is 2.18. The largest absolute Gasteiger partial charge is 0.379 e. The Hall–Kier alpha value is -1.13. The van der Waals surface area contributed by atoms with Crippen molar-refractivity contribution in [3.63, 3.8) is 0 Å². The first-order chi connectivity index (χ1) is 8.81. The van der Waals surface area contributed by atoms with E-state index in [2.05, 4.69) is 42.4 Å². The van der Waals surface area contributed by atoms with E-state index in [-0.39, 0.29) is 0 Å². The van der Waals surface area contributed by atoms with Gasteiger partial charge in [0.05, 0.1) is 18.3 Å². The quantitative estimate of drug-likeness (QED) is 0.780. The fraction of sp³-hybridized carbons (Fsp3) is 0.643. The zero-order valence-corrected chi connectivity index (χ0v) is 11.4. The lowest BCUT2D eigenvalue weighted by molar-refractivity contribution is 0.193. The summed E-state index contributed by atoms with van der Waals surface area (Å²) in [6.07, 6.45) is 2.25. The molecule has 0 amide bonds. The average Bonchev–Trinajstić information content (AvgIpc) is 2.92. The fourth-order valence-corrected chi connectivity index (χ4v) is 2.17. The van der Waals surface area contributed by atoms with E-state index in [1.165, 1.54) is 0 Å². The lowest BCUT2D eigenvalue weighted by Gasteiger charge is -2.24. The predicted molar refractivity (Wildman–Crippen MR) is 73.9 cm³/mol. The third-order valence-corrected chi connectivity index (χ3v) is 3.34. The van der Waals surface area contributed by atoms with E-state index in [0.717, 1.165) is 50.7 Å². The maximum atomic E-state index is 5.43. The molecule has 100 valence electrons. The van der Waals surface area contributed by atoms with Crippen LogP contribution >= 0.6 is 0 Å². The molecule has 0 aromatic carbocycles. The summed E-state index contributed by atoms with van der Waals surface area (Å²) in [6.45, 7) is 5.74. The molecule has 4 heteroatoms. The average molecular weight is 249 g/mol. The molecule has 1 aliphatic rings. The maximum absolute atomic E-state index is 5.43. The van der Waals surface area contributed by atoms with E-state index >= 15 is 0 Å². The van der Waals surface area contributed by atoms with Crippen LogP contribution in [0, 0.1) is 0 Å². The smallest absolute Gasteiger partial charge is 0.128 e. The molecular formula is C14H23N3O. The minimum atomic E-state index is 0.469. The second kappa shape index (κ2) is 6.71. The zero-order chi connectivity index (χ0) is 12.8. The Kier molecular flexibility index (Phi) is 4.96. The Balaban J connectivity index is 1.97. The van der Waals surface area contributed by atoms with Gasteiger partial charge < -0.3 is 15.0 Å². The number of pyridine rings is 1. The maximum Gasteiger partial charge on any atom is 0.128 e. The summed E-state index contributed by atoms with van der Waals surface area (Å²) in [7, 11) is 2.10. The molecule has 2 heterocycles. The van der Waals surface area contributed by atoms with Gasteiger partial charge in [0, 0.05) is 20.2 Å². The van der Waals surface area contributed by atoms with Crippen LogP contribution in [0.1, 0.15) is 25.5 Å². The number of likely N-dealkylation sites (N-methyl/N-ethyl adjacent to an activating group) is 1. The van der Waals surface area contributed by atoms with Gasteiger partial charge in [0.1, 0.15) is 5.82 Å². The second-order valence-corrected chi connectivity index (χ2v) is 4.79. The van der Waals surface area contributed by atoms with E-state index in [4.69, 9.17) is 9.72 Å². The van der Waals surface area contributed by atoms with Crippen LogP contribution in [-0.2, 0) is 11.3 Å². The second-order valence-electron chi connectivity index (χ2n) is 4.79. The predicted octanol–water partition coefficient (Wildman–Crippen LogP) is 1.81. The number of hydrogen-bond donors (Lipinski definition) is 1. The molecule has 0 radical (unpaired) electrons. The number of aromatic nitrogens is 1. The Morgan fingerprint density at radius 1 is 1.50 bits per heavy atom. The molecule has 0 saturated carbocycles. The zero-order valence-electron chi connectivity index (χ0n) is 11.4. The molecule has 18 heavy (non-hydrogen) atoms. The third kappa shape index (κ3) is 3.43. The molecule has 1 aromatic rings. The van der Waals surface area contributed by atoms with Crippen LogP contribution in [0.4, 0.5) is 5.82 Å². The van der Waals surface area contributed by atoms with Gasteiger partial charge >= 0.3 is 0 Å². The molecule has 4 nitrogen and oxygen atoms in total. The van der Waals surface area contributed by atoms with Gasteiger partial charge in [-0.05, 0) is 31.5 Å². The van der Waals surface area contributed by atoms with Gasteiger partial charge in [0.15, 0.2) is 0 Å². The third-order valence-electron chi connectivity index (χ3n) is 3.34. The number of rotatable bonds is 6. The Morgan fingerprint density at radius 2 is 2.39 bits per heavy atom. The van der Waals surface area contributed by atoms with Gasteiger partial charge in [-0.25, -0.2) is 4.98 Å². The van der Waals surface area contributed by atoms with Crippen molar-refractivity contribution in [1.29, 1.82) is 0 Å². The summed E-state index contributed by atoms with van der Waals surface area (Å²) in [5.41, 5.74) is 1.10. The molecule has 1 atom stereocenters. The molecule has 0 spiro atoms. The first kappa shape index (κ1) is 13.3. The normalized spacial score (nSPS) is 19.1. The summed E-state index contributed by atoms with van der Waals surface area (Å²) < 4.78 is 5.43. The van der Waals surface area contributed by atoms with Crippen LogP contribution in [0.5, 0.6) is 0 Å². The fourth-order valence-electron chi connectivity index (χ4n) is 2.17. The topological polar surface area (TPSA) is 37.4 Å². The van der Waals surface area contributed by atoms with E-state index in [9.17, 15) is 0 Å². The van der Waals surface area contributed by atoms with E-state index in [1.807, 2.05) is 0 Å². The van der Waals surface area contributed by atoms with Gasteiger partial charge in [-0.1, -0.05) is 13.0 Å². The van der Waals surface area contributed by atoms with Crippen molar-refractivity contribution < 1.29 is 4.74 Å². The van der Waals surface area contributed by atoms with E-state index in [1.54, 1.807) is 0 Å². The standard InChI is InChI=1S/C14H23N3O/c1-3-8-15-10-12-5-4-6-14(16-12)17(2)13-7-9-18-11-13/h4-6,13,15H,3,7-11H2,1-2H3. The number of nitrogens with zero attached hydrogens (tertiary/aromatic N) is 2. The molecule has 1 fully saturated rings. The Labute approximate surface area is 109 Å². The highest BCUT2D eigenvalue weighted by molar-refractivity contribution is 5.39. The van der Waals surface area contributed by atoms with Crippen molar-refractivity contribution in [2.45, 2.75) is 32.4 Å². The summed E-state index contributed by atoms with van der Waals surface area (Å²) in [4.78, 5) is 6.93. The van der Waals surface area contributed by atoms with Crippen molar-refractivity contribution in [3.05, 3.63) is 23.9 Å². The SMILES string of the molecule is CCCNCc1cccc(N(C)C2CCOC2)n1. The molecule has 0 bridgehead atoms. The van der Waals surface area contributed by atoms with Gasteiger partial charge in [-0.2, -0.15) is 0 Å². The van der Waals surface area contributed by atoms with Gasteiger partial charge in [0.25, 0.3) is 0 Å². The summed E-state index contributed by atoms with van der Waals surface area (Å²) in [5, 5.41) is 3.38. The van der Waals surface area contributed by atoms with Crippen LogP contribution in [0.15, 0.2) is 18.2 Å². The first-order valence-corrected chi connectivity index (χ1v) is 6.78. The van der Waals surface area contributed by atoms with Crippen LogP contribution in [0.25, 0.3) is 0 Å². The van der Waals surface area contributed by atoms with Gasteiger partial charge in [-0.15, -0.1) is 0 Å². The lowest BCUT2D eigenvalue weighted by atomic mass is 10.2. The molecule has 1 aromatic heterocycles. The highest BCUT2D eigenvalue weighted by atomic mass is 16.5. The Bertz CT molecular complexity index is 364. The summed E-state index contributed by atoms with van der Waals surface area (Å²) >= 11 is 0. The number of hydrogen-bond acceptors (Lipinski definition) is 4. The molecule has 2 rings (SSSR count). The van der Waals surface area contributed by atoms with Gasteiger partial charge in [0.2, 0.25) is 0 Å². The van der Waals surface area contributed by atoms with E-state index in [0.29, 0.717) is 6.04 Å². The molecular weight excluding hydrogens is 226 g/mol. The highest BCUT2D eigenvalue weighted by Gasteiger charge is 2.21. The van der Waals surface area contributed by atoms with Crippen LogP contribution in [0.2, 0.25) is 0 Å². The molecule has 1 N–H and O–H groups in total. The van der Waals surface area contributed by atoms with Crippen molar-refractivity contribution in [3.8, 4) is 0 Å². The molecule has 1 aliphatic heterocycles. The number of nitrogens with one attached hydrogen (secondary N) is 1. The first-order valence-electron chi connectivity index (χ1n) is 6.78. The lowest BCUT2D eigenvalue weighted by Crippen LogP contribution is -2.32. The minimum Gasteiger partial charge on any atom is -0.379 e. The van der Waals surface area contributed by atoms with Crippen molar-refractivity contribution >= 4 is 5.82 Å². The number of anilines is 1.